The molecule has 1 N–H and O–H groups in total. The van der Waals surface area contributed by atoms with Gasteiger partial charge in [0.2, 0.25) is 0 Å². The van der Waals surface area contributed by atoms with Crippen molar-refractivity contribution in [2.45, 2.75) is 19.4 Å². The number of hydrogen-bond acceptors (Lipinski definition) is 5. The van der Waals surface area contributed by atoms with E-state index in [1.165, 1.54) is 6.07 Å². The minimum atomic E-state index is -1.27. The van der Waals surface area contributed by atoms with E-state index < -0.39 is 10.9 Å². The van der Waals surface area contributed by atoms with E-state index in [1.54, 1.807) is 12.1 Å². The van der Waals surface area contributed by atoms with Crippen LogP contribution >= 0.6 is 0 Å². The fourth-order valence-corrected chi connectivity index (χ4v) is 2.86. The zero-order valence-corrected chi connectivity index (χ0v) is 12.2. The van der Waals surface area contributed by atoms with Crippen molar-refractivity contribution in [3.05, 3.63) is 33.9 Å². The number of anilines is 1. The molecule has 1 fully saturated rings. The van der Waals surface area contributed by atoms with Crippen molar-refractivity contribution in [3.8, 4) is 0 Å². The molecule has 1 aliphatic heterocycles. The van der Waals surface area contributed by atoms with E-state index in [4.69, 9.17) is 5.11 Å². The maximum absolute atomic E-state index is 11.4. The summed E-state index contributed by atoms with van der Waals surface area (Å²) in [4.78, 5) is 26.1. The lowest BCUT2D eigenvalue weighted by molar-refractivity contribution is -0.384. The SMILES string of the molecule is CC1CN(C)CCCN1c1cccc(C(=O)O)c1[N+](=O)[O-]. The highest BCUT2D eigenvalue weighted by Gasteiger charge is 2.30. The van der Waals surface area contributed by atoms with Gasteiger partial charge in [0.1, 0.15) is 11.3 Å². The molecule has 1 aromatic carbocycles. The fourth-order valence-electron chi connectivity index (χ4n) is 2.86. The van der Waals surface area contributed by atoms with Crippen LogP contribution in [0.15, 0.2) is 18.2 Å². The molecular weight excluding hydrogens is 274 g/mol. The lowest BCUT2D eigenvalue weighted by atomic mass is 10.1. The van der Waals surface area contributed by atoms with Gasteiger partial charge >= 0.3 is 11.7 Å². The maximum atomic E-state index is 11.4. The first kappa shape index (κ1) is 15.2. The van der Waals surface area contributed by atoms with Gasteiger partial charge in [0, 0.05) is 19.1 Å². The number of carboxylic acids is 1. The average molecular weight is 293 g/mol. The summed E-state index contributed by atoms with van der Waals surface area (Å²) >= 11 is 0. The highest BCUT2D eigenvalue weighted by Crippen LogP contribution is 2.33. The summed E-state index contributed by atoms with van der Waals surface area (Å²) in [6, 6.07) is 4.55. The Bertz CT molecular complexity index is 561. The molecule has 0 amide bonds. The first-order valence-corrected chi connectivity index (χ1v) is 6.87. The zero-order chi connectivity index (χ0) is 15.6. The standard InChI is InChI=1S/C14H19N3O4/c1-10-9-15(2)7-4-8-16(10)12-6-3-5-11(14(18)19)13(12)17(20)21/h3,5-6,10H,4,7-9H2,1-2H3,(H,18,19). The predicted octanol–water partition coefficient (Wildman–Crippen LogP) is 1.82. The molecule has 7 heteroatoms. The van der Waals surface area contributed by atoms with E-state index in [-0.39, 0.29) is 17.3 Å². The summed E-state index contributed by atoms with van der Waals surface area (Å²) in [5.74, 6) is -1.27. The molecule has 1 saturated heterocycles. The second-order valence-electron chi connectivity index (χ2n) is 5.39. The quantitative estimate of drug-likeness (QED) is 0.675. The van der Waals surface area contributed by atoms with Gasteiger partial charge in [0.25, 0.3) is 0 Å². The molecule has 1 atom stereocenters. The van der Waals surface area contributed by atoms with Crippen LogP contribution in [0, 0.1) is 10.1 Å². The molecule has 0 spiro atoms. The molecule has 114 valence electrons. The Morgan fingerprint density at radius 1 is 1.43 bits per heavy atom. The van der Waals surface area contributed by atoms with E-state index in [0.717, 1.165) is 19.5 Å². The molecule has 1 aliphatic rings. The summed E-state index contributed by atoms with van der Waals surface area (Å²) in [6.07, 6.45) is 0.884. The molecule has 0 bridgehead atoms. The number of nitro groups is 1. The third kappa shape index (κ3) is 3.13. The molecule has 1 heterocycles. The van der Waals surface area contributed by atoms with Gasteiger partial charge < -0.3 is 14.9 Å². The number of nitro benzene ring substituents is 1. The van der Waals surface area contributed by atoms with Gasteiger partial charge in [-0.25, -0.2) is 4.79 Å². The van der Waals surface area contributed by atoms with E-state index in [9.17, 15) is 14.9 Å². The minimum absolute atomic E-state index is 0.0836. The molecule has 7 nitrogen and oxygen atoms in total. The van der Waals surface area contributed by atoms with Gasteiger partial charge in [-0.2, -0.15) is 0 Å². The van der Waals surface area contributed by atoms with E-state index in [1.807, 2.05) is 18.9 Å². The number of nitrogens with zero attached hydrogens (tertiary/aromatic N) is 3. The number of rotatable bonds is 3. The summed E-state index contributed by atoms with van der Waals surface area (Å²) in [7, 11) is 2.02. The summed E-state index contributed by atoms with van der Waals surface area (Å²) in [5.41, 5.74) is -0.189. The number of likely N-dealkylation sites (N-methyl/N-ethyl adjacent to an activating group) is 1. The normalized spacial score (nSPS) is 20.1. The Hall–Kier alpha value is -2.15. The third-order valence-corrected chi connectivity index (χ3v) is 3.78. The van der Waals surface area contributed by atoms with E-state index in [0.29, 0.717) is 12.2 Å². The summed E-state index contributed by atoms with van der Waals surface area (Å²) < 4.78 is 0. The molecule has 1 unspecified atom stereocenters. The number of carboxylic acid groups (broad SMARTS) is 1. The Balaban J connectivity index is 2.49. The van der Waals surface area contributed by atoms with Crippen LogP contribution < -0.4 is 4.90 Å². The second-order valence-corrected chi connectivity index (χ2v) is 5.39. The first-order valence-electron chi connectivity index (χ1n) is 6.87. The van der Waals surface area contributed by atoms with Crippen molar-refractivity contribution in [3.63, 3.8) is 0 Å². The lowest BCUT2D eigenvalue weighted by Gasteiger charge is -2.30. The zero-order valence-electron chi connectivity index (χ0n) is 12.2. The van der Waals surface area contributed by atoms with Gasteiger partial charge in [-0.3, -0.25) is 10.1 Å². The molecule has 1 aromatic rings. The van der Waals surface area contributed by atoms with E-state index in [2.05, 4.69) is 4.90 Å². The van der Waals surface area contributed by atoms with Crippen LogP contribution in [0.25, 0.3) is 0 Å². The van der Waals surface area contributed by atoms with Crippen molar-refractivity contribution in [1.82, 2.24) is 4.90 Å². The van der Waals surface area contributed by atoms with Gasteiger partial charge in [-0.05, 0) is 39.1 Å². The largest absolute Gasteiger partial charge is 0.477 e. The summed E-state index contributed by atoms with van der Waals surface area (Å²) in [6.45, 7) is 4.39. The van der Waals surface area contributed by atoms with Crippen molar-refractivity contribution in [2.24, 2.45) is 0 Å². The van der Waals surface area contributed by atoms with Gasteiger partial charge in [0.15, 0.2) is 0 Å². The Labute approximate surface area is 122 Å². The summed E-state index contributed by atoms with van der Waals surface area (Å²) in [5, 5.41) is 20.5. The third-order valence-electron chi connectivity index (χ3n) is 3.78. The Kier molecular flexibility index (Phi) is 4.42. The smallest absolute Gasteiger partial charge is 0.342 e. The van der Waals surface area contributed by atoms with Crippen LogP contribution in [-0.2, 0) is 0 Å². The van der Waals surface area contributed by atoms with Crippen LogP contribution in [0.4, 0.5) is 11.4 Å². The van der Waals surface area contributed by atoms with Crippen molar-refractivity contribution in [2.75, 3.05) is 31.6 Å². The van der Waals surface area contributed by atoms with Crippen LogP contribution in [0.2, 0.25) is 0 Å². The highest BCUT2D eigenvalue weighted by atomic mass is 16.6. The van der Waals surface area contributed by atoms with Gasteiger partial charge in [0.05, 0.1) is 4.92 Å². The Morgan fingerprint density at radius 3 is 2.76 bits per heavy atom. The second kappa shape index (κ2) is 6.09. The lowest BCUT2D eigenvalue weighted by Crippen LogP contribution is -2.38. The molecule has 0 aromatic heterocycles. The molecule has 21 heavy (non-hydrogen) atoms. The number of para-hydroxylation sites is 1. The first-order chi connectivity index (χ1) is 9.91. The van der Waals surface area contributed by atoms with Crippen molar-refractivity contribution in [1.29, 1.82) is 0 Å². The number of hydrogen-bond donors (Lipinski definition) is 1. The van der Waals surface area contributed by atoms with Crippen LogP contribution in [0.3, 0.4) is 0 Å². The molecular formula is C14H19N3O4. The number of benzene rings is 1. The monoisotopic (exact) mass is 293 g/mol. The minimum Gasteiger partial charge on any atom is -0.477 e. The maximum Gasteiger partial charge on any atom is 0.342 e. The molecule has 0 aliphatic carbocycles. The van der Waals surface area contributed by atoms with Crippen molar-refractivity contribution >= 4 is 17.3 Å². The molecule has 0 radical (unpaired) electrons. The van der Waals surface area contributed by atoms with Crippen LogP contribution in [0.1, 0.15) is 23.7 Å². The topological polar surface area (TPSA) is 86.9 Å². The number of carbonyl (C=O) groups is 1. The average Bonchev–Trinajstić information content (AvgIpc) is 2.58. The predicted molar refractivity (Wildman–Crippen MR) is 79.0 cm³/mol. The van der Waals surface area contributed by atoms with Crippen LogP contribution in [0.5, 0.6) is 0 Å². The van der Waals surface area contributed by atoms with E-state index >= 15 is 0 Å². The van der Waals surface area contributed by atoms with Gasteiger partial charge in [-0.1, -0.05) is 6.07 Å². The molecule has 0 saturated carbocycles. The highest BCUT2D eigenvalue weighted by molar-refractivity contribution is 5.95. The molecule has 2 rings (SSSR count). The number of aromatic carboxylic acids is 1. The Morgan fingerprint density at radius 2 is 2.14 bits per heavy atom. The van der Waals surface area contributed by atoms with Gasteiger partial charge in [-0.15, -0.1) is 0 Å². The fraction of sp³-hybridized carbons (Fsp3) is 0.500. The van der Waals surface area contributed by atoms with Crippen LogP contribution in [-0.4, -0.2) is 53.6 Å². The van der Waals surface area contributed by atoms with Crippen molar-refractivity contribution < 1.29 is 14.8 Å².